The number of aryl methyl sites for hydroxylation is 1. The molecular weight excluding hydrogens is 236 g/mol. The van der Waals surface area contributed by atoms with Crippen LogP contribution in [0, 0.1) is 6.92 Å². The Hall–Kier alpha value is -0.730. The van der Waals surface area contributed by atoms with Crippen molar-refractivity contribution in [3.05, 3.63) is 29.8 Å². The molecule has 1 aromatic carbocycles. The van der Waals surface area contributed by atoms with E-state index >= 15 is 0 Å². The van der Waals surface area contributed by atoms with Gasteiger partial charge in [0.25, 0.3) is 0 Å². The van der Waals surface area contributed by atoms with E-state index in [0.717, 1.165) is 25.2 Å². The zero-order valence-electron chi connectivity index (χ0n) is 10.4. The van der Waals surface area contributed by atoms with E-state index in [1.54, 1.807) is 0 Å². The van der Waals surface area contributed by atoms with Gasteiger partial charge in [0.05, 0.1) is 5.38 Å². The largest absolute Gasteiger partial charge is 0.488 e. The summed E-state index contributed by atoms with van der Waals surface area (Å²) in [4.78, 5) is 0. The lowest BCUT2D eigenvalue weighted by Crippen LogP contribution is -2.52. The quantitative estimate of drug-likeness (QED) is 0.749. The molecule has 1 aromatic rings. The van der Waals surface area contributed by atoms with Crippen molar-refractivity contribution in [1.82, 2.24) is 0 Å². The van der Waals surface area contributed by atoms with Crippen LogP contribution in [0.1, 0.15) is 25.3 Å². The maximum Gasteiger partial charge on any atom is 0.128 e. The van der Waals surface area contributed by atoms with Crippen LogP contribution in [0.4, 0.5) is 0 Å². The second-order valence-electron chi connectivity index (χ2n) is 4.56. The first kappa shape index (κ1) is 12.7. The molecule has 0 saturated heterocycles. The van der Waals surface area contributed by atoms with Crippen molar-refractivity contribution >= 4 is 11.6 Å². The monoisotopic (exact) mass is 254 g/mol. The molecule has 3 heteroatoms. The van der Waals surface area contributed by atoms with Gasteiger partial charge < -0.3 is 9.47 Å². The van der Waals surface area contributed by atoms with Crippen molar-refractivity contribution in [3.63, 3.8) is 0 Å². The van der Waals surface area contributed by atoms with Gasteiger partial charge in [-0.25, -0.2) is 0 Å². The van der Waals surface area contributed by atoms with Crippen molar-refractivity contribution in [1.29, 1.82) is 0 Å². The lowest BCUT2D eigenvalue weighted by Gasteiger charge is -2.40. The minimum absolute atomic E-state index is 0.0390. The van der Waals surface area contributed by atoms with Gasteiger partial charge in [0.15, 0.2) is 0 Å². The second-order valence-corrected chi connectivity index (χ2v) is 5.12. The summed E-state index contributed by atoms with van der Waals surface area (Å²) in [6.45, 7) is 4.91. The molecule has 0 bridgehead atoms. The summed E-state index contributed by atoms with van der Waals surface area (Å²) in [5, 5.41) is 0.0939. The highest BCUT2D eigenvalue weighted by atomic mass is 35.5. The fourth-order valence-electron chi connectivity index (χ4n) is 1.97. The highest BCUT2D eigenvalue weighted by Crippen LogP contribution is 2.33. The molecule has 0 spiro atoms. The van der Waals surface area contributed by atoms with Crippen molar-refractivity contribution in [2.75, 3.05) is 6.61 Å². The predicted octanol–water partition coefficient (Wildman–Crippen LogP) is 3.55. The lowest BCUT2D eigenvalue weighted by atomic mass is 9.91. The summed E-state index contributed by atoms with van der Waals surface area (Å²) >= 11 is 6.14. The zero-order chi connectivity index (χ0) is 12.3. The minimum Gasteiger partial charge on any atom is -0.488 e. The van der Waals surface area contributed by atoms with E-state index in [1.807, 2.05) is 18.2 Å². The molecule has 3 unspecified atom stereocenters. The Morgan fingerprint density at radius 3 is 2.88 bits per heavy atom. The van der Waals surface area contributed by atoms with Crippen molar-refractivity contribution in [3.8, 4) is 5.75 Å². The van der Waals surface area contributed by atoms with Crippen LogP contribution in [-0.2, 0) is 4.74 Å². The number of alkyl halides is 1. The molecule has 2 rings (SSSR count). The molecule has 0 heterocycles. The molecule has 0 N–H and O–H groups in total. The van der Waals surface area contributed by atoms with Gasteiger partial charge in [-0.2, -0.15) is 0 Å². The molecule has 0 radical (unpaired) electrons. The normalized spacial score (nSPS) is 27.6. The summed E-state index contributed by atoms with van der Waals surface area (Å²) in [6.07, 6.45) is 2.02. The molecule has 3 atom stereocenters. The standard InChI is InChI=1S/C14H19ClO2/c1-3-7-16-14-12(15)9-13(14)17-11-6-4-5-10(2)8-11/h4-6,8,12-14H,3,7,9H2,1-2H3. The van der Waals surface area contributed by atoms with E-state index in [2.05, 4.69) is 19.9 Å². The van der Waals surface area contributed by atoms with E-state index in [1.165, 1.54) is 5.56 Å². The average molecular weight is 255 g/mol. The SMILES string of the molecule is CCCOC1C(Cl)CC1Oc1cccc(C)c1. The topological polar surface area (TPSA) is 18.5 Å². The molecule has 0 aromatic heterocycles. The molecule has 1 aliphatic rings. The summed E-state index contributed by atoms with van der Waals surface area (Å²) in [7, 11) is 0. The number of halogens is 1. The van der Waals surface area contributed by atoms with Gasteiger partial charge in [-0.05, 0) is 31.0 Å². The molecule has 2 nitrogen and oxygen atoms in total. The first-order valence-electron chi connectivity index (χ1n) is 6.19. The van der Waals surface area contributed by atoms with Crippen LogP contribution in [-0.4, -0.2) is 24.2 Å². The number of benzene rings is 1. The third-order valence-electron chi connectivity index (χ3n) is 2.97. The Kier molecular flexibility index (Phi) is 4.30. The van der Waals surface area contributed by atoms with Gasteiger partial charge in [-0.1, -0.05) is 19.1 Å². The zero-order valence-corrected chi connectivity index (χ0v) is 11.1. The van der Waals surface area contributed by atoms with Crippen LogP contribution in [0.25, 0.3) is 0 Å². The van der Waals surface area contributed by atoms with Crippen LogP contribution in [0.3, 0.4) is 0 Å². The van der Waals surface area contributed by atoms with Crippen molar-refractivity contribution in [2.24, 2.45) is 0 Å². The molecule has 0 aliphatic heterocycles. The Labute approximate surface area is 108 Å². The lowest BCUT2D eigenvalue weighted by molar-refractivity contribution is -0.0797. The van der Waals surface area contributed by atoms with Crippen LogP contribution in [0.15, 0.2) is 24.3 Å². The molecular formula is C14H19ClO2. The van der Waals surface area contributed by atoms with Crippen LogP contribution in [0.5, 0.6) is 5.75 Å². The van der Waals surface area contributed by atoms with Crippen molar-refractivity contribution < 1.29 is 9.47 Å². The first-order chi connectivity index (χ1) is 8.20. The Balaban J connectivity index is 1.91. The highest BCUT2D eigenvalue weighted by Gasteiger charge is 2.42. The van der Waals surface area contributed by atoms with Gasteiger partial charge in [0, 0.05) is 13.0 Å². The molecule has 1 saturated carbocycles. The minimum atomic E-state index is 0.0390. The summed E-state index contributed by atoms with van der Waals surface area (Å²) < 4.78 is 11.6. The van der Waals surface area contributed by atoms with Gasteiger partial charge >= 0.3 is 0 Å². The Morgan fingerprint density at radius 2 is 2.24 bits per heavy atom. The summed E-state index contributed by atoms with van der Waals surface area (Å²) in [6, 6.07) is 8.08. The van der Waals surface area contributed by atoms with Gasteiger partial charge in [0.1, 0.15) is 18.0 Å². The first-order valence-corrected chi connectivity index (χ1v) is 6.63. The maximum atomic E-state index is 6.14. The maximum absolute atomic E-state index is 6.14. The third-order valence-corrected chi connectivity index (χ3v) is 3.40. The van der Waals surface area contributed by atoms with Gasteiger partial charge in [-0.3, -0.25) is 0 Å². The molecule has 1 aliphatic carbocycles. The van der Waals surface area contributed by atoms with Crippen LogP contribution >= 0.6 is 11.6 Å². The predicted molar refractivity (Wildman–Crippen MR) is 69.9 cm³/mol. The number of hydrogen-bond donors (Lipinski definition) is 0. The second kappa shape index (κ2) is 5.74. The van der Waals surface area contributed by atoms with E-state index in [-0.39, 0.29) is 17.6 Å². The fraction of sp³-hybridized carbons (Fsp3) is 0.571. The average Bonchev–Trinajstić information content (AvgIpc) is 2.29. The highest BCUT2D eigenvalue weighted by molar-refractivity contribution is 6.21. The van der Waals surface area contributed by atoms with E-state index < -0.39 is 0 Å². The fourth-order valence-corrected chi connectivity index (χ4v) is 2.38. The van der Waals surface area contributed by atoms with Gasteiger partial charge in [0.2, 0.25) is 0 Å². The Bertz CT molecular complexity index is 367. The van der Waals surface area contributed by atoms with E-state index in [0.29, 0.717) is 0 Å². The summed E-state index contributed by atoms with van der Waals surface area (Å²) in [5.74, 6) is 0.906. The van der Waals surface area contributed by atoms with Crippen molar-refractivity contribution in [2.45, 2.75) is 44.3 Å². The van der Waals surface area contributed by atoms with Crippen LogP contribution in [0.2, 0.25) is 0 Å². The number of rotatable bonds is 5. The number of ether oxygens (including phenoxy) is 2. The molecule has 94 valence electrons. The Morgan fingerprint density at radius 1 is 1.41 bits per heavy atom. The van der Waals surface area contributed by atoms with Crippen LogP contribution < -0.4 is 4.74 Å². The molecule has 0 amide bonds. The van der Waals surface area contributed by atoms with E-state index in [4.69, 9.17) is 21.1 Å². The van der Waals surface area contributed by atoms with E-state index in [9.17, 15) is 0 Å². The summed E-state index contributed by atoms with van der Waals surface area (Å²) in [5.41, 5.74) is 1.20. The number of hydrogen-bond acceptors (Lipinski definition) is 2. The molecule has 17 heavy (non-hydrogen) atoms. The smallest absolute Gasteiger partial charge is 0.128 e. The third kappa shape index (κ3) is 3.14. The molecule has 1 fully saturated rings. The van der Waals surface area contributed by atoms with Gasteiger partial charge in [-0.15, -0.1) is 11.6 Å².